The van der Waals surface area contributed by atoms with E-state index >= 15 is 0 Å². The topological polar surface area (TPSA) is 97.4 Å². The van der Waals surface area contributed by atoms with Crippen molar-refractivity contribution in [2.45, 2.75) is 37.9 Å². The molecule has 0 spiro atoms. The van der Waals surface area contributed by atoms with Crippen LogP contribution in [0.3, 0.4) is 0 Å². The van der Waals surface area contributed by atoms with Gasteiger partial charge in [0.2, 0.25) is 0 Å². The fraction of sp³-hybridized carbons (Fsp3) is 0.538. The summed E-state index contributed by atoms with van der Waals surface area (Å²) in [5.41, 5.74) is -1.62. The van der Waals surface area contributed by atoms with Crippen LogP contribution in [-0.4, -0.2) is 28.0 Å². The Kier molecular flexibility index (Phi) is 7.78. The molecule has 1 aromatic carbocycles. The number of hydrogen-bond acceptors (Lipinski definition) is 8. The number of halogens is 3. The van der Waals surface area contributed by atoms with Gasteiger partial charge in [-0.2, -0.15) is 21.6 Å². The Morgan fingerprint density at radius 2 is 1.81 bits per heavy atom. The van der Waals surface area contributed by atoms with E-state index in [1.54, 1.807) is 0 Å². The third kappa shape index (κ3) is 6.31. The van der Waals surface area contributed by atoms with Gasteiger partial charge in [0.15, 0.2) is 6.35 Å². The summed E-state index contributed by atoms with van der Waals surface area (Å²) in [6.45, 7) is 4.18. The average Bonchev–Trinajstić information content (AvgIpc) is 2.50. The van der Waals surface area contributed by atoms with E-state index in [4.69, 9.17) is 0 Å². The largest absolute Gasteiger partial charge is 0.417 e. The van der Waals surface area contributed by atoms with Crippen LogP contribution in [0, 0.1) is 6.92 Å². The molecule has 1 unspecified atom stereocenters. The first-order valence-electron chi connectivity index (χ1n) is 7.05. The summed E-state index contributed by atoms with van der Waals surface area (Å²) < 4.78 is 89.4. The molecule has 26 heavy (non-hydrogen) atoms. The molecule has 0 saturated heterocycles. The molecule has 0 fully saturated rings. The van der Waals surface area contributed by atoms with Crippen LogP contribution in [0.1, 0.15) is 25.0 Å². The molecule has 13 heteroatoms. The number of rotatable bonds is 9. The highest BCUT2D eigenvalue weighted by atomic mass is 32.2. The number of hydrogen-bond donors (Lipinski definition) is 0. The van der Waals surface area contributed by atoms with Gasteiger partial charge in [0.1, 0.15) is 4.90 Å². The maximum atomic E-state index is 13.1. The molecule has 0 aromatic heterocycles. The van der Waals surface area contributed by atoms with Crippen LogP contribution in [0.2, 0.25) is 0 Å². The van der Waals surface area contributed by atoms with Crippen molar-refractivity contribution in [3.8, 4) is 0 Å². The Labute approximate surface area is 148 Å². The van der Waals surface area contributed by atoms with E-state index in [-0.39, 0.29) is 5.56 Å². The third-order valence-electron chi connectivity index (χ3n) is 2.67. The van der Waals surface area contributed by atoms with Crippen molar-refractivity contribution in [1.29, 1.82) is 0 Å². The van der Waals surface area contributed by atoms with Gasteiger partial charge in [0.05, 0.1) is 18.8 Å². The normalized spacial score (nSPS) is 15.2. The molecule has 0 N–H and O–H groups in total. The van der Waals surface area contributed by atoms with Gasteiger partial charge in [-0.1, -0.05) is 12.1 Å². The Morgan fingerprint density at radius 1 is 1.19 bits per heavy atom. The highest BCUT2D eigenvalue weighted by molar-refractivity contribution is 7.87. The van der Waals surface area contributed by atoms with Crippen molar-refractivity contribution in [3.05, 3.63) is 29.3 Å². The van der Waals surface area contributed by atoms with Crippen LogP contribution in [0.15, 0.2) is 23.1 Å². The maximum Gasteiger partial charge on any atom is 0.417 e. The summed E-state index contributed by atoms with van der Waals surface area (Å²) in [4.78, 5) is 7.70. The Hall–Kier alpha value is -1.01. The molecule has 0 saturated carbocycles. The molecule has 0 heterocycles. The van der Waals surface area contributed by atoms with Gasteiger partial charge in [0.25, 0.3) is 10.1 Å². The van der Waals surface area contributed by atoms with Crippen LogP contribution in [0.25, 0.3) is 0 Å². The lowest BCUT2D eigenvalue weighted by Gasteiger charge is -2.18. The Bertz CT molecular complexity index is 763. The second kappa shape index (κ2) is 8.79. The Morgan fingerprint density at radius 3 is 2.31 bits per heavy atom. The van der Waals surface area contributed by atoms with E-state index in [9.17, 15) is 26.2 Å². The van der Waals surface area contributed by atoms with Crippen molar-refractivity contribution in [1.82, 2.24) is 0 Å². The second-order valence-corrected chi connectivity index (χ2v) is 8.55. The van der Waals surface area contributed by atoms with Crippen LogP contribution in [0.5, 0.6) is 0 Å². The molecule has 0 amide bonds. The summed E-state index contributed by atoms with van der Waals surface area (Å²) in [6.07, 6.45) is -6.78. The monoisotopic (exact) mass is 422 g/mol. The van der Waals surface area contributed by atoms with Gasteiger partial charge in [-0.15, -0.1) is 9.35 Å². The fourth-order valence-corrected chi connectivity index (χ4v) is 4.47. The second-order valence-electron chi connectivity index (χ2n) is 5.22. The van der Waals surface area contributed by atoms with Gasteiger partial charge in [0, 0.05) is 0 Å². The van der Waals surface area contributed by atoms with Crippen molar-refractivity contribution < 1.29 is 49.5 Å². The van der Waals surface area contributed by atoms with Gasteiger partial charge in [-0.25, -0.2) is 9.78 Å². The summed E-state index contributed by atoms with van der Waals surface area (Å²) in [7, 11) is -8.38. The van der Waals surface area contributed by atoms with E-state index in [1.165, 1.54) is 13.8 Å². The first kappa shape index (κ1) is 23.0. The van der Waals surface area contributed by atoms with E-state index in [2.05, 4.69) is 23.3 Å². The standard InChI is InChI=1S/C13H18F3O8PS/c1-9(2)22-24-25(17,23-20-4)8-21-26(18,19)12-10(3)6-5-7-11(12)13(14,15)16/h5-7,9H,8H2,1-4H3. The van der Waals surface area contributed by atoms with Crippen LogP contribution in [-0.2, 0) is 44.2 Å². The molecular weight excluding hydrogens is 404 g/mol. The molecule has 0 aliphatic heterocycles. The summed E-state index contributed by atoms with van der Waals surface area (Å²) in [6, 6.07) is 2.80. The first-order chi connectivity index (χ1) is 11.8. The lowest BCUT2D eigenvalue weighted by Crippen LogP contribution is -2.18. The molecule has 1 atom stereocenters. The summed E-state index contributed by atoms with van der Waals surface area (Å²) in [5.74, 6) is 0. The van der Waals surface area contributed by atoms with E-state index in [0.29, 0.717) is 6.07 Å². The number of benzene rings is 1. The molecular formula is C13H18F3O8PS. The van der Waals surface area contributed by atoms with E-state index < -0.39 is 46.8 Å². The lowest BCUT2D eigenvalue weighted by molar-refractivity contribution is -0.274. The molecule has 0 aliphatic rings. The molecule has 150 valence electrons. The molecule has 1 rings (SSSR count). The van der Waals surface area contributed by atoms with Crippen LogP contribution < -0.4 is 0 Å². The number of aryl methyl sites for hydroxylation is 1. The van der Waals surface area contributed by atoms with Gasteiger partial charge in [-0.05, 0) is 32.4 Å². The molecule has 0 aliphatic carbocycles. The first-order valence-corrected chi connectivity index (χ1v) is 10.2. The van der Waals surface area contributed by atoms with Crippen LogP contribution in [0.4, 0.5) is 13.2 Å². The Balaban J connectivity index is 3.15. The highest BCUT2D eigenvalue weighted by Crippen LogP contribution is 2.49. The molecule has 8 nitrogen and oxygen atoms in total. The van der Waals surface area contributed by atoms with Crippen molar-refractivity contribution in [3.63, 3.8) is 0 Å². The minimum atomic E-state index is -4.96. The summed E-state index contributed by atoms with van der Waals surface area (Å²) in [5, 5.41) is 0. The molecule has 1 aromatic rings. The van der Waals surface area contributed by atoms with E-state index in [0.717, 1.165) is 26.2 Å². The molecule has 0 bridgehead atoms. The number of alkyl halides is 3. The van der Waals surface area contributed by atoms with Crippen molar-refractivity contribution >= 4 is 17.7 Å². The minimum Gasteiger partial charge on any atom is -0.253 e. The maximum absolute atomic E-state index is 13.1. The highest BCUT2D eigenvalue weighted by Gasteiger charge is 2.40. The molecule has 0 radical (unpaired) electrons. The van der Waals surface area contributed by atoms with E-state index in [1.807, 2.05) is 0 Å². The fourth-order valence-electron chi connectivity index (χ4n) is 1.72. The SMILES string of the molecule is COOP(=O)(COS(=O)(=O)c1c(C)cccc1C(F)(F)F)OOC(C)C. The predicted molar refractivity (Wildman–Crippen MR) is 82.3 cm³/mol. The lowest BCUT2D eigenvalue weighted by atomic mass is 10.1. The zero-order chi connectivity index (χ0) is 20.2. The quantitative estimate of drug-likeness (QED) is 0.257. The zero-order valence-corrected chi connectivity index (χ0v) is 16.0. The zero-order valence-electron chi connectivity index (χ0n) is 14.3. The van der Waals surface area contributed by atoms with Gasteiger partial charge in [-0.3, -0.25) is 8.75 Å². The smallest absolute Gasteiger partial charge is 0.253 e. The van der Waals surface area contributed by atoms with Gasteiger partial charge >= 0.3 is 13.8 Å². The van der Waals surface area contributed by atoms with Gasteiger partial charge < -0.3 is 0 Å². The minimum absolute atomic E-state index is 0.207. The van der Waals surface area contributed by atoms with Crippen LogP contribution >= 0.6 is 7.60 Å². The predicted octanol–water partition coefficient (Wildman–Crippen LogP) is 3.80. The third-order valence-corrected chi connectivity index (χ3v) is 5.45. The summed E-state index contributed by atoms with van der Waals surface area (Å²) >= 11 is 0. The average molecular weight is 422 g/mol. The van der Waals surface area contributed by atoms with Crippen molar-refractivity contribution in [2.24, 2.45) is 0 Å². The van der Waals surface area contributed by atoms with Crippen molar-refractivity contribution in [2.75, 3.05) is 13.5 Å².